The van der Waals surface area contributed by atoms with Gasteiger partial charge in [0.2, 0.25) is 0 Å². The first-order valence-electron chi connectivity index (χ1n) is 5.74. The molecule has 0 radical (unpaired) electrons. The van der Waals surface area contributed by atoms with Gasteiger partial charge < -0.3 is 28.8 Å². The third-order valence-corrected chi connectivity index (χ3v) is 4.97. The van der Waals surface area contributed by atoms with Crippen LogP contribution in [0.1, 0.15) is 0 Å². The van der Waals surface area contributed by atoms with Crippen molar-refractivity contribution in [1.82, 2.24) is 0 Å². The number of aliphatic hydroxyl groups is 1. The summed E-state index contributed by atoms with van der Waals surface area (Å²) >= 11 is 0. The average Bonchev–Trinajstić information content (AvgIpc) is 3.03. The first kappa shape index (κ1) is 14.9. The molecule has 6 nitrogen and oxygen atoms in total. The van der Waals surface area contributed by atoms with Gasteiger partial charge in [-0.3, -0.25) is 0 Å². The molecule has 18 heavy (non-hydrogen) atoms. The minimum Gasteiger partial charge on any atom is -0.391 e. The summed E-state index contributed by atoms with van der Waals surface area (Å²) in [6.07, 6.45) is -0.305. The van der Waals surface area contributed by atoms with Crippen molar-refractivity contribution in [3.05, 3.63) is 0 Å². The fraction of sp³-hybridized carbons (Fsp3) is 1.00. The van der Waals surface area contributed by atoms with Crippen LogP contribution in [0.3, 0.4) is 0 Å². The maximum atomic E-state index is 8.84. The molecule has 4 unspecified atom stereocenters. The highest BCUT2D eigenvalue weighted by atomic mass is 33.1. The van der Waals surface area contributed by atoms with Gasteiger partial charge in [0.25, 0.3) is 6.48 Å². The summed E-state index contributed by atoms with van der Waals surface area (Å²) in [6, 6.07) is 0. The number of hydrogen-bond acceptors (Lipinski definition) is 8. The monoisotopic (exact) mass is 298 g/mol. The van der Waals surface area contributed by atoms with Crippen LogP contribution in [0.25, 0.3) is 0 Å². The van der Waals surface area contributed by atoms with E-state index in [9.17, 15) is 0 Å². The summed E-state index contributed by atoms with van der Waals surface area (Å²) in [6.45, 7) is 0.521. The van der Waals surface area contributed by atoms with E-state index in [0.717, 1.165) is 11.5 Å². The molecule has 0 amide bonds. The van der Waals surface area contributed by atoms with Gasteiger partial charge in [-0.1, -0.05) is 21.6 Å². The van der Waals surface area contributed by atoms with E-state index < -0.39 is 12.8 Å². The molecule has 0 aliphatic carbocycles. The van der Waals surface area contributed by atoms with E-state index in [1.807, 2.05) is 0 Å². The molecule has 2 aliphatic heterocycles. The van der Waals surface area contributed by atoms with Gasteiger partial charge in [-0.05, 0) is 0 Å². The van der Waals surface area contributed by atoms with E-state index in [1.54, 1.807) is 28.7 Å². The molecule has 2 heterocycles. The zero-order chi connectivity index (χ0) is 12.8. The molecule has 2 aliphatic rings. The molecule has 106 valence electrons. The van der Waals surface area contributed by atoms with Crippen LogP contribution in [-0.2, 0) is 23.7 Å². The Labute approximate surface area is 114 Å². The number of methoxy groups -OCH3 is 1. The summed E-state index contributed by atoms with van der Waals surface area (Å²) in [5.74, 6) is 1.68. The minimum atomic E-state index is -0.516. The van der Waals surface area contributed by atoms with Gasteiger partial charge >= 0.3 is 0 Å². The molecule has 0 bridgehead atoms. The lowest BCUT2D eigenvalue weighted by Gasteiger charge is -2.10. The predicted molar refractivity (Wildman–Crippen MR) is 68.2 cm³/mol. The second-order valence-electron chi connectivity index (χ2n) is 3.89. The average molecular weight is 298 g/mol. The van der Waals surface area contributed by atoms with Crippen LogP contribution in [0.2, 0.25) is 0 Å². The molecule has 2 saturated heterocycles. The normalized spacial score (nSPS) is 36.3. The molecule has 2 rings (SSSR count). The van der Waals surface area contributed by atoms with Gasteiger partial charge in [-0.25, -0.2) is 0 Å². The van der Waals surface area contributed by atoms with Crippen LogP contribution in [0.5, 0.6) is 0 Å². The Kier molecular flexibility index (Phi) is 6.53. The van der Waals surface area contributed by atoms with Crippen molar-refractivity contribution in [3.63, 3.8) is 0 Å². The lowest BCUT2D eigenvalue weighted by molar-refractivity contribution is -0.221. The summed E-state index contributed by atoms with van der Waals surface area (Å²) in [5, 5.41) is 8.84. The Balaban J connectivity index is 1.49. The molecule has 2 fully saturated rings. The Bertz CT molecular complexity index is 220. The van der Waals surface area contributed by atoms with E-state index >= 15 is 0 Å². The smallest absolute Gasteiger partial charge is 0.271 e. The molecule has 0 spiro atoms. The third kappa shape index (κ3) is 4.53. The Hall–Kier alpha value is 0.460. The highest BCUT2D eigenvalue weighted by Crippen LogP contribution is 2.28. The van der Waals surface area contributed by atoms with Crippen LogP contribution in [0, 0.1) is 0 Å². The maximum absolute atomic E-state index is 8.84. The second kappa shape index (κ2) is 7.91. The Morgan fingerprint density at radius 1 is 1.11 bits per heavy atom. The molecule has 0 aromatic carbocycles. The van der Waals surface area contributed by atoms with Crippen molar-refractivity contribution in [2.45, 2.75) is 25.0 Å². The minimum absolute atomic E-state index is 0.0621. The quantitative estimate of drug-likeness (QED) is 0.537. The van der Waals surface area contributed by atoms with Gasteiger partial charge in [0.1, 0.15) is 0 Å². The second-order valence-corrected chi connectivity index (χ2v) is 6.44. The van der Waals surface area contributed by atoms with Crippen molar-refractivity contribution in [2.75, 3.05) is 38.4 Å². The van der Waals surface area contributed by atoms with Crippen LogP contribution in [0.15, 0.2) is 0 Å². The number of aliphatic hydroxyl groups excluding tert-OH is 1. The van der Waals surface area contributed by atoms with E-state index in [4.69, 9.17) is 28.8 Å². The molecule has 0 saturated carbocycles. The van der Waals surface area contributed by atoms with E-state index in [1.165, 1.54) is 0 Å². The standard InChI is InChI=1S/C10H18O6S2/c1-12-10-14-4-8(16-10)6-18-17-5-7-3-13-9(2-11)15-7/h7-11H,2-6H2,1H3. The predicted octanol–water partition coefficient (Wildman–Crippen LogP) is 0.447. The molecular weight excluding hydrogens is 280 g/mol. The molecule has 4 atom stereocenters. The van der Waals surface area contributed by atoms with Gasteiger partial charge in [0, 0.05) is 18.6 Å². The molecule has 0 aromatic heterocycles. The number of ether oxygens (including phenoxy) is 5. The van der Waals surface area contributed by atoms with E-state index in [0.29, 0.717) is 13.2 Å². The van der Waals surface area contributed by atoms with Gasteiger partial charge in [0.15, 0.2) is 6.29 Å². The largest absolute Gasteiger partial charge is 0.391 e. The van der Waals surface area contributed by atoms with Crippen molar-refractivity contribution in [2.24, 2.45) is 0 Å². The fourth-order valence-electron chi connectivity index (χ4n) is 1.57. The first-order valence-corrected chi connectivity index (χ1v) is 8.23. The number of hydrogen-bond donors (Lipinski definition) is 1. The first-order chi connectivity index (χ1) is 8.81. The molecular formula is C10H18O6S2. The van der Waals surface area contributed by atoms with Crippen molar-refractivity contribution in [1.29, 1.82) is 0 Å². The van der Waals surface area contributed by atoms with Crippen molar-refractivity contribution < 1.29 is 28.8 Å². The van der Waals surface area contributed by atoms with Gasteiger partial charge in [-0.2, -0.15) is 0 Å². The number of rotatable bonds is 7. The highest BCUT2D eigenvalue weighted by Gasteiger charge is 2.27. The SMILES string of the molecule is COC1OCC(CSSCC2COC(CO)O2)O1. The lowest BCUT2D eigenvalue weighted by atomic mass is 10.4. The fourth-order valence-corrected chi connectivity index (χ4v) is 3.91. The third-order valence-electron chi connectivity index (χ3n) is 2.47. The summed E-state index contributed by atoms with van der Waals surface area (Å²) < 4.78 is 26.3. The summed E-state index contributed by atoms with van der Waals surface area (Å²) in [4.78, 5) is 0. The van der Waals surface area contributed by atoms with E-state index in [2.05, 4.69) is 0 Å². The highest BCUT2D eigenvalue weighted by molar-refractivity contribution is 8.76. The molecule has 0 aromatic rings. The Morgan fingerprint density at radius 2 is 1.78 bits per heavy atom. The van der Waals surface area contributed by atoms with Crippen molar-refractivity contribution >= 4 is 21.6 Å². The van der Waals surface area contributed by atoms with Crippen LogP contribution >= 0.6 is 21.6 Å². The van der Waals surface area contributed by atoms with E-state index in [-0.39, 0.29) is 18.8 Å². The van der Waals surface area contributed by atoms with Crippen LogP contribution < -0.4 is 0 Å². The van der Waals surface area contributed by atoms with Crippen molar-refractivity contribution in [3.8, 4) is 0 Å². The molecule has 1 N–H and O–H groups in total. The lowest BCUT2D eigenvalue weighted by Crippen LogP contribution is -2.17. The summed E-state index contributed by atoms with van der Waals surface area (Å²) in [5.41, 5.74) is 0. The zero-order valence-corrected chi connectivity index (χ0v) is 11.8. The topological polar surface area (TPSA) is 66.4 Å². The molecule has 8 heteroatoms. The Morgan fingerprint density at radius 3 is 2.33 bits per heavy atom. The maximum Gasteiger partial charge on any atom is 0.271 e. The van der Waals surface area contributed by atoms with Crippen LogP contribution in [0.4, 0.5) is 0 Å². The zero-order valence-electron chi connectivity index (χ0n) is 10.1. The van der Waals surface area contributed by atoms with Crippen LogP contribution in [-0.4, -0.2) is 68.5 Å². The van der Waals surface area contributed by atoms with Gasteiger partial charge in [0.05, 0.1) is 32.0 Å². The van der Waals surface area contributed by atoms with Gasteiger partial charge in [-0.15, -0.1) is 0 Å². The summed E-state index contributed by atoms with van der Waals surface area (Å²) in [7, 11) is 4.99.